The van der Waals surface area contributed by atoms with Crippen LogP contribution in [0.15, 0.2) is 46.1 Å². The van der Waals surface area contributed by atoms with Crippen molar-refractivity contribution in [1.29, 1.82) is 0 Å². The summed E-state index contributed by atoms with van der Waals surface area (Å²) in [6.07, 6.45) is 1.61. The van der Waals surface area contributed by atoms with E-state index in [-0.39, 0.29) is 23.8 Å². The Balaban J connectivity index is 2.09. The van der Waals surface area contributed by atoms with Crippen LogP contribution in [0.1, 0.15) is 35.0 Å². The molecule has 3 rings (SSSR count). The van der Waals surface area contributed by atoms with Crippen LogP contribution in [-0.2, 0) is 4.74 Å². The first-order valence-corrected chi connectivity index (χ1v) is 7.73. The lowest BCUT2D eigenvalue weighted by Gasteiger charge is -2.17. The van der Waals surface area contributed by atoms with Gasteiger partial charge in [-0.2, -0.15) is 4.57 Å². The Morgan fingerprint density at radius 3 is 2.58 bits per heavy atom. The van der Waals surface area contributed by atoms with E-state index in [4.69, 9.17) is 9.84 Å². The zero-order valence-corrected chi connectivity index (χ0v) is 13.2. The van der Waals surface area contributed by atoms with Gasteiger partial charge < -0.3 is 9.84 Å². The molecule has 0 saturated carbocycles. The van der Waals surface area contributed by atoms with Gasteiger partial charge in [0.15, 0.2) is 0 Å². The van der Waals surface area contributed by atoms with E-state index in [9.17, 15) is 14.4 Å². The van der Waals surface area contributed by atoms with Crippen molar-refractivity contribution in [3.63, 3.8) is 0 Å². The van der Waals surface area contributed by atoms with Crippen molar-refractivity contribution in [3.8, 4) is 0 Å². The average Bonchev–Trinajstić information content (AvgIpc) is 3.08. The van der Waals surface area contributed by atoms with Gasteiger partial charge in [-0.25, -0.2) is 4.79 Å². The fourth-order valence-corrected chi connectivity index (χ4v) is 2.82. The Morgan fingerprint density at radius 2 is 1.96 bits per heavy atom. The fourth-order valence-electron chi connectivity index (χ4n) is 2.82. The molecule has 1 aromatic heterocycles. The van der Waals surface area contributed by atoms with E-state index in [1.54, 1.807) is 37.3 Å². The number of hydrogen-bond acceptors (Lipinski definition) is 5. The highest BCUT2D eigenvalue weighted by atomic mass is 16.5. The molecule has 0 amide bonds. The molecule has 0 spiro atoms. The number of aromatic nitrogens is 2. The predicted molar refractivity (Wildman–Crippen MR) is 86.1 cm³/mol. The molecule has 2 aromatic rings. The number of aryl methyl sites for hydroxylation is 1. The van der Waals surface area contributed by atoms with Crippen LogP contribution in [0.25, 0.3) is 0 Å². The number of nitrogens with zero attached hydrogens (tertiary/aromatic N) is 2. The highest BCUT2D eigenvalue weighted by molar-refractivity contribution is 5.95. The number of hydrogen-bond donors (Lipinski definition) is 1. The van der Waals surface area contributed by atoms with Crippen LogP contribution in [0, 0.1) is 6.92 Å². The smallest absolute Gasteiger partial charge is 0.340 e. The van der Waals surface area contributed by atoms with Crippen molar-refractivity contribution in [2.24, 2.45) is 0 Å². The van der Waals surface area contributed by atoms with Crippen LogP contribution >= 0.6 is 0 Å². The molecule has 0 bridgehead atoms. The molecule has 2 unspecified atom stereocenters. The largest absolute Gasteiger partial charge is 0.394 e. The van der Waals surface area contributed by atoms with Crippen molar-refractivity contribution in [1.82, 2.24) is 9.13 Å². The minimum atomic E-state index is -0.733. The number of ether oxygens (including phenoxy) is 1. The van der Waals surface area contributed by atoms with E-state index in [0.717, 1.165) is 0 Å². The van der Waals surface area contributed by atoms with Crippen molar-refractivity contribution in [3.05, 3.63) is 68.5 Å². The minimum Gasteiger partial charge on any atom is -0.394 e. The molecular formula is C17H18N2O5. The molecule has 1 fully saturated rings. The lowest BCUT2D eigenvalue weighted by molar-refractivity contribution is -0.0251. The van der Waals surface area contributed by atoms with Crippen LogP contribution in [0.3, 0.4) is 0 Å². The number of carbonyl (C=O) groups excluding carboxylic acids is 1. The van der Waals surface area contributed by atoms with Crippen LogP contribution in [0.2, 0.25) is 0 Å². The molecule has 2 atom stereocenters. The number of rotatable bonds is 3. The Kier molecular flexibility index (Phi) is 4.46. The molecule has 126 valence electrons. The van der Waals surface area contributed by atoms with Gasteiger partial charge in [-0.05, 0) is 31.9 Å². The third-order valence-corrected chi connectivity index (χ3v) is 4.11. The Hall–Kier alpha value is -2.51. The normalized spacial score (nSPS) is 20.2. The van der Waals surface area contributed by atoms with E-state index in [2.05, 4.69) is 0 Å². The van der Waals surface area contributed by atoms with E-state index in [0.29, 0.717) is 17.4 Å². The summed E-state index contributed by atoms with van der Waals surface area (Å²) in [6.45, 7) is 1.42. The van der Waals surface area contributed by atoms with Gasteiger partial charge in [-0.15, -0.1) is 0 Å². The number of carbonyl (C=O) groups is 1. The van der Waals surface area contributed by atoms with Crippen molar-refractivity contribution >= 4 is 5.91 Å². The van der Waals surface area contributed by atoms with Crippen molar-refractivity contribution in [2.45, 2.75) is 32.1 Å². The van der Waals surface area contributed by atoms with Gasteiger partial charge in [0.2, 0.25) is 0 Å². The highest BCUT2D eigenvalue weighted by Gasteiger charge is 2.28. The molecule has 1 N–H and O–H groups in total. The summed E-state index contributed by atoms with van der Waals surface area (Å²) in [7, 11) is 0. The number of aliphatic hydroxyl groups excluding tert-OH is 1. The summed E-state index contributed by atoms with van der Waals surface area (Å²) in [4.78, 5) is 37.6. The van der Waals surface area contributed by atoms with Gasteiger partial charge >= 0.3 is 5.69 Å². The molecule has 2 heterocycles. The minimum absolute atomic E-state index is 0.132. The summed E-state index contributed by atoms with van der Waals surface area (Å²) < 4.78 is 7.50. The molecule has 1 aromatic carbocycles. The molecule has 1 aliphatic rings. The highest BCUT2D eigenvalue weighted by Crippen LogP contribution is 2.26. The van der Waals surface area contributed by atoms with Crippen molar-refractivity contribution in [2.75, 3.05) is 6.61 Å². The van der Waals surface area contributed by atoms with Gasteiger partial charge in [-0.3, -0.25) is 14.2 Å². The van der Waals surface area contributed by atoms with Crippen LogP contribution in [-0.4, -0.2) is 32.9 Å². The topological polar surface area (TPSA) is 90.5 Å². The second-order valence-electron chi connectivity index (χ2n) is 5.79. The summed E-state index contributed by atoms with van der Waals surface area (Å²) in [5.74, 6) is -0.667. The van der Waals surface area contributed by atoms with E-state index in [1.165, 1.54) is 10.8 Å². The SMILES string of the molecule is Cc1cn(C2CCC(CO)O2)c(=O)n(C(=O)c2ccccc2)c1=O. The predicted octanol–water partition coefficient (Wildman–Crippen LogP) is 0.677. The Morgan fingerprint density at radius 1 is 1.25 bits per heavy atom. The Labute approximate surface area is 137 Å². The first-order chi connectivity index (χ1) is 11.5. The molecule has 24 heavy (non-hydrogen) atoms. The second kappa shape index (κ2) is 6.54. The third kappa shape index (κ3) is 2.83. The first-order valence-electron chi connectivity index (χ1n) is 7.73. The zero-order chi connectivity index (χ0) is 17.3. The third-order valence-electron chi connectivity index (χ3n) is 4.11. The summed E-state index contributed by atoms with van der Waals surface area (Å²) in [5.41, 5.74) is -0.839. The second-order valence-corrected chi connectivity index (χ2v) is 5.79. The quantitative estimate of drug-likeness (QED) is 0.893. The maximum Gasteiger partial charge on any atom is 0.340 e. The fraction of sp³-hybridized carbons (Fsp3) is 0.353. The maximum atomic E-state index is 12.7. The lowest BCUT2D eigenvalue weighted by Crippen LogP contribution is -2.45. The molecule has 0 aliphatic carbocycles. The van der Waals surface area contributed by atoms with Gasteiger partial charge in [0.05, 0.1) is 12.7 Å². The van der Waals surface area contributed by atoms with Gasteiger partial charge in [-0.1, -0.05) is 18.2 Å². The molecule has 7 nitrogen and oxygen atoms in total. The molecule has 7 heteroatoms. The van der Waals surface area contributed by atoms with Crippen LogP contribution < -0.4 is 11.2 Å². The number of benzene rings is 1. The summed E-state index contributed by atoms with van der Waals surface area (Å²) in [6, 6.07) is 8.18. The van der Waals surface area contributed by atoms with E-state index >= 15 is 0 Å². The molecular weight excluding hydrogens is 312 g/mol. The zero-order valence-electron chi connectivity index (χ0n) is 13.2. The summed E-state index contributed by atoms with van der Waals surface area (Å²) in [5, 5.41) is 9.17. The molecule has 1 saturated heterocycles. The Bertz CT molecular complexity index is 869. The monoisotopic (exact) mass is 330 g/mol. The standard InChI is InChI=1S/C17H18N2O5/c1-11-9-18(14-8-7-13(10-20)24-14)17(23)19(15(11)21)16(22)12-5-3-2-4-6-12/h2-6,9,13-14,20H,7-8,10H2,1H3. The van der Waals surface area contributed by atoms with Crippen LogP contribution in [0.5, 0.6) is 0 Å². The maximum absolute atomic E-state index is 12.7. The number of aliphatic hydroxyl groups is 1. The van der Waals surface area contributed by atoms with Gasteiger partial charge in [0, 0.05) is 17.3 Å². The van der Waals surface area contributed by atoms with Crippen molar-refractivity contribution < 1.29 is 14.6 Å². The summed E-state index contributed by atoms with van der Waals surface area (Å²) >= 11 is 0. The van der Waals surface area contributed by atoms with Gasteiger partial charge in [0.25, 0.3) is 11.5 Å². The average molecular weight is 330 g/mol. The lowest BCUT2D eigenvalue weighted by atomic mass is 10.2. The van der Waals surface area contributed by atoms with E-state index < -0.39 is 23.4 Å². The van der Waals surface area contributed by atoms with Crippen LogP contribution in [0.4, 0.5) is 0 Å². The first kappa shape index (κ1) is 16.4. The molecule has 1 aliphatic heterocycles. The van der Waals surface area contributed by atoms with E-state index in [1.807, 2.05) is 0 Å². The molecule has 0 radical (unpaired) electrons. The van der Waals surface area contributed by atoms with Gasteiger partial charge in [0.1, 0.15) is 6.23 Å².